The van der Waals surface area contributed by atoms with Crippen molar-refractivity contribution in [3.05, 3.63) is 65.2 Å². The molecule has 0 N–H and O–H groups in total. The number of carbonyl (C=O) groups is 1. The molecule has 0 spiro atoms. The van der Waals surface area contributed by atoms with Gasteiger partial charge in [0, 0.05) is 0 Å². The third-order valence-electron chi connectivity index (χ3n) is 4.78. The van der Waals surface area contributed by atoms with Crippen molar-refractivity contribution in [2.45, 2.75) is 52.6 Å². The molecule has 2 rings (SSSR count). The van der Waals surface area contributed by atoms with Crippen molar-refractivity contribution >= 4 is 5.97 Å². The third-order valence-corrected chi connectivity index (χ3v) is 4.78. The van der Waals surface area contributed by atoms with E-state index in [1.54, 1.807) is 0 Å². The summed E-state index contributed by atoms with van der Waals surface area (Å²) in [6, 6.07) is 11.6. The molecular formula is C23H28F2O3. The minimum Gasteiger partial charge on any atom is -0.486 e. The van der Waals surface area contributed by atoms with Crippen LogP contribution in [0.15, 0.2) is 42.5 Å². The number of ether oxygens (including phenoxy) is 2. The Balaban J connectivity index is 1.83. The Bertz CT molecular complexity index is 747. The molecule has 0 aliphatic carbocycles. The maximum absolute atomic E-state index is 14.2. The Kier molecular flexibility index (Phi) is 8.92. The molecule has 0 radical (unpaired) electrons. The molecule has 5 heteroatoms. The Morgan fingerprint density at radius 2 is 1.75 bits per heavy atom. The molecule has 0 saturated carbocycles. The molecule has 0 saturated heterocycles. The number of unbranched alkanes of at least 4 members (excludes halogenated alkanes) is 2. The van der Waals surface area contributed by atoms with E-state index < -0.39 is 23.2 Å². The summed E-state index contributed by atoms with van der Waals surface area (Å²) in [4.78, 5) is 12.0. The molecule has 0 bridgehead atoms. The lowest BCUT2D eigenvalue weighted by Crippen LogP contribution is -2.11. The molecule has 0 aromatic heterocycles. The first-order valence-corrected chi connectivity index (χ1v) is 9.84. The average molecular weight is 390 g/mol. The smallest absolute Gasteiger partial charge is 0.341 e. The summed E-state index contributed by atoms with van der Waals surface area (Å²) in [7, 11) is 0. The second kappa shape index (κ2) is 11.4. The minimum absolute atomic E-state index is 0.109. The molecule has 2 aromatic rings. The molecule has 0 aliphatic rings. The van der Waals surface area contributed by atoms with E-state index >= 15 is 0 Å². The highest BCUT2D eigenvalue weighted by atomic mass is 19.2. The number of halogens is 2. The van der Waals surface area contributed by atoms with Crippen molar-refractivity contribution in [2.24, 2.45) is 5.92 Å². The number of hydrogen-bond donors (Lipinski definition) is 0. The molecule has 2 aromatic carbocycles. The van der Waals surface area contributed by atoms with E-state index in [9.17, 15) is 13.6 Å². The van der Waals surface area contributed by atoms with Gasteiger partial charge in [0.05, 0.1) is 12.2 Å². The van der Waals surface area contributed by atoms with Gasteiger partial charge in [-0.15, -0.1) is 0 Å². The maximum Gasteiger partial charge on any atom is 0.341 e. The summed E-state index contributed by atoms with van der Waals surface area (Å²) in [6.07, 6.45) is 5.04. The van der Waals surface area contributed by atoms with Crippen LogP contribution in [0.3, 0.4) is 0 Å². The summed E-state index contributed by atoms with van der Waals surface area (Å²) in [5.74, 6) is -2.82. The highest BCUT2D eigenvalue weighted by Crippen LogP contribution is 2.24. The van der Waals surface area contributed by atoms with Crippen molar-refractivity contribution < 1.29 is 23.0 Å². The molecule has 0 heterocycles. The van der Waals surface area contributed by atoms with Crippen LogP contribution in [0.5, 0.6) is 5.75 Å². The van der Waals surface area contributed by atoms with Gasteiger partial charge in [0.15, 0.2) is 11.6 Å². The zero-order valence-electron chi connectivity index (χ0n) is 16.5. The summed E-state index contributed by atoms with van der Waals surface area (Å²) in [6.45, 7) is 4.69. The predicted molar refractivity (Wildman–Crippen MR) is 105 cm³/mol. The fourth-order valence-electron chi connectivity index (χ4n) is 2.75. The lowest BCUT2D eigenvalue weighted by Gasteiger charge is -2.11. The van der Waals surface area contributed by atoms with Crippen LogP contribution in [0.2, 0.25) is 0 Å². The first kappa shape index (κ1) is 21.9. The van der Waals surface area contributed by atoms with E-state index in [1.807, 2.05) is 30.3 Å². The van der Waals surface area contributed by atoms with Crippen molar-refractivity contribution in [2.75, 3.05) is 6.61 Å². The largest absolute Gasteiger partial charge is 0.486 e. The Morgan fingerprint density at radius 3 is 2.46 bits per heavy atom. The van der Waals surface area contributed by atoms with Gasteiger partial charge in [0.25, 0.3) is 0 Å². The van der Waals surface area contributed by atoms with Crippen LogP contribution in [0.1, 0.15) is 61.9 Å². The molecule has 3 nitrogen and oxygen atoms in total. The van der Waals surface area contributed by atoms with E-state index in [-0.39, 0.29) is 19.0 Å². The summed E-state index contributed by atoms with van der Waals surface area (Å²) in [5.41, 5.74) is 0.420. The van der Waals surface area contributed by atoms with Gasteiger partial charge in [-0.1, -0.05) is 69.9 Å². The predicted octanol–water partition coefficient (Wildman–Crippen LogP) is 6.31. The normalized spacial score (nSPS) is 11.9. The Hall–Kier alpha value is -2.43. The topological polar surface area (TPSA) is 35.5 Å². The van der Waals surface area contributed by atoms with Crippen LogP contribution in [-0.4, -0.2) is 12.6 Å². The van der Waals surface area contributed by atoms with Gasteiger partial charge >= 0.3 is 5.97 Å². The fourth-order valence-corrected chi connectivity index (χ4v) is 2.75. The molecule has 0 amide bonds. The molecule has 1 atom stereocenters. The van der Waals surface area contributed by atoms with Crippen LogP contribution in [0, 0.1) is 17.6 Å². The zero-order valence-corrected chi connectivity index (χ0v) is 16.5. The van der Waals surface area contributed by atoms with Crippen LogP contribution < -0.4 is 4.74 Å². The number of rotatable bonds is 11. The van der Waals surface area contributed by atoms with Crippen LogP contribution >= 0.6 is 0 Å². The summed E-state index contributed by atoms with van der Waals surface area (Å²) < 4.78 is 38.9. The fraction of sp³-hybridized carbons (Fsp3) is 0.435. The van der Waals surface area contributed by atoms with Crippen molar-refractivity contribution in [3.8, 4) is 5.75 Å². The zero-order chi connectivity index (χ0) is 20.4. The van der Waals surface area contributed by atoms with Gasteiger partial charge in [-0.05, 0) is 30.0 Å². The quantitative estimate of drug-likeness (QED) is 0.333. The number of hydrogen-bond acceptors (Lipinski definition) is 3. The first-order chi connectivity index (χ1) is 13.5. The Morgan fingerprint density at radius 1 is 1.00 bits per heavy atom. The van der Waals surface area contributed by atoms with Crippen molar-refractivity contribution in [1.29, 1.82) is 0 Å². The van der Waals surface area contributed by atoms with Gasteiger partial charge < -0.3 is 9.47 Å². The lowest BCUT2D eigenvalue weighted by molar-refractivity contribution is 0.0490. The average Bonchev–Trinajstić information content (AvgIpc) is 2.72. The van der Waals surface area contributed by atoms with Gasteiger partial charge in [0.1, 0.15) is 6.61 Å². The summed E-state index contributed by atoms with van der Waals surface area (Å²) in [5, 5.41) is 0. The van der Waals surface area contributed by atoms with Gasteiger partial charge in [-0.2, -0.15) is 4.39 Å². The van der Waals surface area contributed by atoms with E-state index in [4.69, 9.17) is 9.47 Å². The molecule has 0 aliphatic heterocycles. The SMILES string of the molecule is CCC(C)CCCCCOC(=O)c1ccc(OCc2ccccc2)c(F)c1F. The van der Waals surface area contributed by atoms with Crippen molar-refractivity contribution in [3.63, 3.8) is 0 Å². The second-order valence-electron chi connectivity index (χ2n) is 7.01. The van der Waals surface area contributed by atoms with E-state index in [1.165, 1.54) is 12.1 Å². The standard InChI is InChI=1S/C23H28F2O3/c1-3-17(2)10-6-5-9-15-27-23(26)19-13-14-20(22(25)21(19)24)28-16-18-11-7-4-8-12-18/h4,7-8,11-14,17H,3,5-6,9-10,15-16H2,1-2H3. The monoisotopic (exact) mass is 390 g/mol. The van der Waals surface area contributed by atoms with Gasteiger partial charge in [-0.25, -0.2) is 9.18 Å². The van der Waals surface area contributed by atoms with Crippen LogP contribution in [0.4, 0.5) is 8.78 Å². The highest BCUT2D eigenvalue weighted by Gasteiger charge is 2.20. The first-order valence-electron chi connectivity index (χ1n) is 9.84. The molecule has 28 heavy (non-hydrogen) atoms. The van der Waals surface area contributed by atoms with Crippen molar-refractivity contribution in [1.82, 2.24) is 0 Å². The molecule has 152 valence electrons. The lowest BCUT2D eigenvalue weighted by atomic mass is 10.0. The van der Waals surface area contributed by atoms with E-state index in [2.05, 4.69) is 13.8 Å². The molecule has 1 unspecified atom stereocenters. The Labute approximate surface area is 165 Å². The van der Waals surface area contributed by atoms with Crippen LogP contribution in [-0.2, 0) is 11.3 Å². The highest BCUT2D eigenvalue weighted by molar-refractivity contribution is 5.89. The van der Waals surface area contributed by atoms with Gasteiger partial charge in [-0.3, -0.25) is 0 Å². The number of benzene rings is 2. The van der Waals surface area contributed by atoms with E-state index in [0.29, 0.717) is 12.3 Å². The molecule has 0 fully saturated rings. The van der Waals surface area contributed by atoms with Crippen LogP contribution in [0.25, 0.3) is 0 Å². The third kappa shape index (κ3) is 6.63. The van der Waals surface area contributed by atoms with E-state index in [0.717, 1.165) is 31.2 Å². The minimum atomic E-state index is -1.24. The summed E-state index contributed by atoms with van der Waals surface area (Å²) >= 11 is 0. The van der Waals surface area contributed by atoms with Gasteiger partial charge in [0.2, 0.25) is 5.82 Å². The number of carbonyl (C=O) groups excluding carboxylic acids is 1. The molecular weight excluding hydrogens is 362 g/mol. The maximum atomic E-state index is 14.2. The second-order valence-corrected chi connectivity index (χ2v) is 7.01. The number of esters is 1.